The zero-order valence-electron chi connectivity index (χ0n) is 15.6. The van der Waals surface area contributed by atoms with Crippen molar-refractivity contribution in [1.82, 2.24) is 0 Å². The fraction of sp³-hybridized carbons (Fsp3) is 0. The van der Waals surface area contributed by atoms with E-state index in [0.717, 1.165) is 17.1 Å². The molecular formula is C24H14N2O4. The van der Waals surface area contributed by atoms with Crippen molar-refractivity contribution in [2.24, 2.45) is 0 Å². The first-order valence-corrected chi connectivity index (χ1v) is 9.46. The third-order valence-corrected chi connectivity index (χ3v) is 5.33. The number of anilines is 3. The van der Waals surface area contributed by atoms with Crippen LogP contribution >= 0.6 is 0 Å². The van der Waals surface area contributed by atoms with Gasteiger partial charge in [0.25, 0.3) is 5.69 Å². The molecule has 0 unspecified atom stereocenters. The number of benzene rings is 4. The highest BCUT2D eigenvalue weighted by molar-refractivity contribution is 5.95. The van der Waals surface area contributed by atoms with Gasteiger partial charge in [0, 0.05) is 6.07 Å². The molecule has 30 heavy (non-hydrogen) atoms. The Morgan fingerprint density at radius 3 is 1.83 bits per heavy atom. The number of para-hydroxylation sites is 5. The summed E-state index contributed by atoms with van der Waals surface area (Å²) in [5, 5.41) is 11.6. The predicted octanol–water partition coefficient (Wildman–Crippen LogP) is 6.94. The summed E-state index contributed by atoms with van der Waals surface area (Å²) in [6.45, 7) is 0. The van der Waals surface area contributed by atoms with Gasteiger partial charge in [-0.05, 0) is 48.0 Å². The van der Waals surface area contributed by atoms with Crippen LogP contribution < -0.4 is 14.4 Å². The van der Waals surface area contributed by atoms with E-state index in [2.05, 4.69) is 4.90 Å². The Morgan fingerprint density at radius 1 is 0.700 bits per heavy atom. The van der Waals surface area contributed by atoms with Crippen LogP contribution in [0.2, 0.25) is 0 Å². The van der Waals surface area contributed by atoms with Gasteiger partial charge >= 0.3 is 0 Å². The van der Waals surface area contributed by atoms with Crippen LogP contribution in [0.1, 0.15) is 0 Å². The molecule has 0 radical (unpaired) electrons. The van der Waals surface area contributed by atoms with E-state index in [1.165, 1.54) is 6.07 Å². The summed E-state index contributed by atoms with van der Waals surface area (Å²) in [5.41, 5.74) is 3.83. The molecule has 0 saturated heterocycles. The van der Waals surface area contributed by atoms with E-state index in [1.54, 1.807) is 18.2 Å². The van der Waals surface area contributed by atoms with E-state index in [0.29, 0.717) is 34.1 Å². The van der Waals surface area contributed by atoms with Gasteiger partial charge in [-0.1, -0.05) is 36.4 Å². The Morgan fingerprint density at radius 2 is 1.23 bits per heavy atom. The lowest BCUT2D eigenvalue weighted by Crippen LogP contribution is -2.20. The summed E-state index contributed by atoms with van der Waals surface area (Å²) in [5.74, 6) is 2.61. The van der Waals surface area contributed by atoms with E-state index in [1.807, 2.05) is 60.7 Å². The van der Waals surface area contributed by atoms with Crippen molar-refractivity contribution >= 4 is 22.7 Å². The number of ether oxygens (including phenoxy) is 2. The van der Waals surface area contributed by atoms with Crippen LogP contribution in [-0.4, -0.2) is 4.92 Å². The highest BCUT2D eigenvalue weighted by Crippen LogP contribution is 2.60. The van der Waals surface area contributed by atoms with Crippen LogP contribution in [0.5, 0.6) is 23.0 Å². The smallest absolute Gasteiger partial charge is 0.277 e. The van der Waals surface area contributed by atoms with Gasteiger partial charge in [0.05, 0.1) is 21.9 Å². The van der Waals surface area contributed by atoms with E-state index in [-0.39, 0.29) is 10.6 Å². The average Bonchev–Trinajstić information content (AvgIpc) is 2.78. The zero-order chi connectivity index (χ0) is 20.2. The molecule has 4 aromatic carbocycles. The maximum Gasteiger partial charge on any atom is 0.277 e. The zero-order valence-corrected chi connectivity index (χ0v) is 15.6. The third-order valence-electron chi connectivity index (χ3n) is 5.33. The van der Waals surface area contributed by atoms with Crippen molar-refractivity contribution in [3.05, 3.63) is 95.0 Å². The minimum absolute atomic E-state index is 0.0360. The second kappa shape index (κ2) is 6.09. The van der Waals surface area contributed by atoms with Crippen molar-refractivity contribution in [2.45, 2.75) is 0 Å². The molecule has 6 rings (SSSR count). The summed E-state index contributed by atoms with van der Waals surface area (Å²) in [4.78, 5) is 13.3. The highest BCUT2D eigenvalue weighted by atomic mass is 16.6. The van der Waals surface area contributed by atoms with Crippen molar-refractivity contribution < 1.29 is 14.4 Å². The quantitative estimate of drug-likeness (QED) is 0.235. The normalized spacial score (nSPS) is 12.7. The number of fused-ring (bicyclic) bond motifs is 4. The van der Waals surface area contributed by atoms with Crippen LogP contribution in [0.25, 0.3) is 11.1 Å². The SMILES string of the molecule is O=[N+]([O-])c1ccccc1-c1cc2c3c(c1)Oc1ccccc1N3c1ccccc1O2. The monoisotopic (exact) mass is 394 g/mol. The molecule has 0 fully saturated rings. The summed E-state index contributed by atoms with van der Waals surface area (Å²) >= 11 is 0. The third kappa shape index (κ3) is 2.31. The molecule has 0 N–H and O–H groups in total. The topological polar surface area (TPSA) is 64.8 Å². The van der Waals surface area contributed by atoms with Crippen molar-refractivity contribution in [3.8, 4) is 34.1 Å². The number of nitro benzene ring substituents is 1. The van der Waals surface area contributed by atoms with Gasteiger partial charge in [0.2, 0.25) is 0 Å². The Hall–Kier alpha value is -4.32. The van der Waals surface area contributed by atoms with Crippen LogP contribution in [0, 0.1) is 10.1 Å². The second-order valence-electron chi connectivity index (χ2n) is 7.07. The predicted molar refractivity (Wildman–Crippen MR) is 113 cm³/mol. The maximum atomic E-state index is 11.6. The molecule has 6 heteroatoms. The maximum absolute atomic E-state index is 11.6. The Labute approximate surface area is 171 Å². The number of hydrogen-bond donors (Lipinski definition) is 0. The first-order chi connectivity index (χ1) is 14.7. The molecule has 144 valence electrons. The number of nitro groups is 1. The summed E-state index contributed by atoms with van der Waals surface area (Å²) in [6, 6.07) is 25.9. The van der Waals surface area contributed by atoms with Gasteiger partial charge in [-0.3, -0.25) is 15.0 Å². The Balaban J connectivity index is 1.63. The van der Waals surface area contributed by atoms with Gasteiger partial charge < -0.3 is 9.47 Å². The number of rotatable bonds is 2. The summed E-state index contributed by atoms with van der Waals surface area (Å²) in [7, 11) is 0. The molecular weight excluding hydrogens is 380 g/mol. The lowest BCUT2D eigenvalue weighted by molar-refractivity contribution is -0.384. The summed E-state index contributed by atoms with van der Waals surface area (Å²) < 4.78 is 12.4. The molecule has 0 amide bonds. The Bertz CT molecular complexity index is 1280. The molecule has 2 aliphatic rings. The molecule has 4 aromatic rings. The van der Waals surface area contributed by atoms with Gasteiger partial charge in [-0.15, -0.1) is 0 Å². The minimum Gasteiger partial charge on any atom is -0.453 e. The van der Waals surface area contributed by atoms with Crippen molar-refractivity contribution in [1.29, 1.82) is 0 Å². The lowest BCUT2D eigenvalue weighted by Gasteiger charge is -2.38. The van der Waals surface area contributed by atoms with Crippen LogP contribution in [0.3, 0.4) is 0 Å². The highest BCUT2D eigenvalue weighted by Gasteiger charge is 2.35. The number of nitrogens with zero attached hydrogens (tertiary/aromatic N) is 2. The fourth-order valence-corrected chi connectivity index (χ4v) is 4.05. The van der Waals surface area contributed by atoms with Crippen LogP contribution in [0.4, 0.5) is 22.7 Å². The van der Waals surface area contributed by atoms with Crippen molar-refractivity contribution in [3.63, 3.8) is 0 Å². The molecule has 2 heterocycles. The summed E-state index contributed by atoms with van der Waals surface area (Å²) in [6.07, 6.45) is 0. The van der Waals surface area contributed by atoms with Crippen LogP contribution in [0.15, 0.2) is 84.9 Å². The average molecular weight is 394 g/mol. The van der Waals surface area contributed by atoms with E-state index < -0.39 is 0 Å². The molecule has 0 saturated carbocycles. The first kappa shape index (κ1) is 16.6. The van der Waals surface area contributed by atoms with Gasteiger partial charge in [-0.25, -0.2) is 0 Å². The molecule has 2 aliphatic heterocycles. The second-order valence-corrected chi connectivity index (χ2v) is 7.07. The van der Waals surface area contributed by atoms with Gasteiger partial charge in [-0.2, -0.15) is 0 Å². The molecule has 0 spiro atoms. The van der Waals surface area contributed by atoms with Gasteiger partial charge in [0.15, 0.2) is 23.0 Å². The van der Waals surface area contributed by atoms with Crippen LogP contribution in [-0.2, 0) is 0 Å². The standard InChI is InChI=1S/C24H14N2O4/c27-26(28)17-8-2-1-7-16(17)15-13-22-24-23(14-15)30-21-12-6-4-10-19(21)25(24)18-9-3-5-11-20(18)29-22/h1-14H. The molecule has 0 bridgehead atoms. The molecule has 0 atom stereocenters. The van der Waals surface area contributed by atoms with Gasteiger partial charge in [0.1, 0.15) is 5.69 Å². The largest absolute Gasteiger partial charge is 0.453 e. The fourth-order valence-electron chi connectivity index (χ4n) is 4.05. The number of hydrogen-bond acceptors (Lipinski definition) is 5. The Kier molecular flexibility index (Phi) is 3.37. The lowest BCUT2D eigenvalue weighted by atomic mass is 10.00. The van der Waals surface area contributed by atoms with E-state index >= 15 is 0 Å². The van der Waals surface area contributed by atoms with E-state index in [9.17, 15) is 10.1 Å². The molecule has 6 nitrogen and oxygen atoms in total. The first-order valence-electron chi connectivity index (χ1n) is 9.46. The minimum atomic E-state index is -0.376. The van der Waals surface area contributed by atoms with E-state index in [4.69, 9.17) is 9.47 Å². The van der Waals surface area contributed by atoms with Crippen molar-refractivity contribution in [2.75, 3.05) is 4.90 Å². The molecule has 0 aromatic heterocycles. The molecule has 0 aliphatic carbocycles.